The molecular formula is C9H7F3N2O2. The Bertz CT molecular complexity index is 414. The quantitative estimate of drug-likeness (QED) is 0.746. The van der Waals surface area contributed by atoms with Crippen molar-refractivity contribution in [3.63, 3.8) is 0 Å². The summed E-state index contributed by atoms with van der Waals surface area (Å²) >= 11 is 0. The molecule has 0 spiro atoms. The number of aliphatic hydroxyl groups excluding tert-OH is 2. The van der Waals surface area contributed by atoms with Crippen LogP contribution in [0.2, 0.25) is 0 Å². The van der Waals surface area contributed by atoms with Crippen LogP contribution in [0, 0.1) is 11.3 Å². The SMILES string of the molecule is N#CC(O)C(O)c1ncccc1C(F)(F)F. The molecule has 4 nitrogen and oxygen atoms in total. The molecule has 2 N–H and O–H groups in total. The molecule has 2 atom stereocenters. The summed E-state index contributed by atoms with van der Waals surface area (Å²) < 4.78 is 37.4. The molecule has 86 valence electrons. The number of hydrogen-bond acceptors (Lipinski definition) is 4. The van der Waals surface area contributed by atoms with Gasteiger partial charge in [0, 0.05) is 6.20 Å². The zero-order chi connectivity index (χ0) is 12.3. The van der Waals surface area contributed by atoms with E-state index in [2.05, 4.69) is 4.98 Å². The van der Waals surface area contributed by atoms with Gasteiger partial charge < -0.3 is 10.2 Å². The predicted molar refractivity (Wildman–Crippen MR) is 45.8 cm³/mol. The summed E-state index contributed by atoms with van der Waals surface area (Å²) in [6.07, 6.45) is -7.59. The molecule has 2 unspecified atom stereocenters. The molecule has 0 aliphatic heterocycles. The Morgan fingerprint density at radius 1 is 1.38 bits per heavy atom. The molecule has 0 aliphatic carbocycles. The molecular weight excluding hydrogens is 225 g/mol. The molecule has 0 fully saturated rings. The predicted octanol–water partition coefficient (Wildman–Crippen LogP) is 1.02. The van der Waals surface area contributed by atoms with Gasteiger partial charge in [-0.3, -0.25) is 4.98 Å². The Hall–Kier alpha value is -1.65. The lowest BCUT2D eigenvalue weighted by Gasteiger charge is -2.16. The minimum Gasteiger partial charge on any atom is -0.383 e. The molecule has 16 heavy (non-hydrogen) atoms. The first kappa shape index (κ1) is 12.4. The van der Waals surface area contributed by atoms with Crippen molar-refractivity contribution in [1.29, 1.82) is 5.26 Å². The van der Waals surface area contributed by atoms with E-state index in [4.69, 9.17) is 10.4 Å². The lowest BCUT2D eigenvalue weighted by Crippen LogP contribution is -2.21. The smallest absolute Gasteiger partial charge is 0.383 e. The molecule has 0 bridgehead atoms. The average molecular weight is 232 g/mol. The van der Waals surface area contributed by atoms with Crippen LogP contribution in [0.3, 0.4) is 0 Å². The molecule has 0 radical (unpaired) electrons. The van der Waals surface area contributed by atoms with Crippen LogP contribution in [-0.4, -0.2) is 21.3 Å². The van der Waals surface area contributed by atoms with Crippen LogP contribution in [-0.2, 0) is 6.18 Å². The van der Waals surface area contributed by atoms with Gasteiger partial charge in [0.1, 0.15) is 6.10 Å². The fraction of sp³-hybridized carbons (Fsp3) is 0.333. The first-order valence-electron chi connectivity index (χ1n) is 4.15. The van der Waals surface area contributed by atoms with Crippen molar-refractivity contribution in [2.75, 3.05) is 0 Å². The Kier molecular flexibility index (Phi) is 3.47. The van der Waals surface area contributed by atoms with Crippen LogP contribution < -0.4 is 0 Å². The fourth-order valence-electron chi connectivity index (χ4n) is 1.11. The van der Waals surface area contributed by atoms with Crippen molar-refractivity contribution in [1.82, 2.24) is 4.98 Å². The second-order valence-corrected chi connectivity index (χ2v) is 2.95. The average Bonchev–Trinajstić information content (AvgIpc) is 2.26. The topological polar surface area (TPSA) is 77.1 Å². The highest BCUT2D eigenvalue weighted by atomic mass is 19.4. The van der Waals surface area contributed by atoms with Crippen LogP contribution in [0.4, 0.5) is 13.2 Å². The van der Waals surface area contributed by atoms with E-state index in [0.717, 1.165) is 18.3 Å². The third-order valence-corrected chi connectivity index (χ3v) is 1.86. The van der Waals surface area contributed by atoms with Gasteiger partial charge in [0.2, 0.25) is 0 Å². The van der Waals surface area contributed by atoms with Crippen LogP contribution >= 0.6 is 0 Å². The van der Waals surface area contributed by atoms with Gasteiger partial charge in [-0.2, -0.15) is 18.4 Å². The van der Waals surface area contributed by atoms with Crippen molar-refractivity contribution in [3.8, 4) is 6.07 Å². The highest BCUT2D eigenvalue weighted by Gasteiger charge is 2.37. The number of hydrogen-bond donors (Lipinski definition) is 2. The van der Waals surface area contributed by atoms with Crippen LogP contribution in [0.25, 0.3) is 0 Å². The van der Waals surface area contributed by atoms with E-state index >= 15 is 0 Å². The molecule has 0 saturated heterocycles. The number of nitrogens with zero attached hydrogens (tertiary/aromatic N) is 2. The van der Waals surface area contributed by atoms with Gasteiger partial charge in [-0.1, -0.05) is 0 Å². The maximum Gasteiger partial charge on any atom is 0.418 e. The Morgan fingerprint density at radius 2 is 2.00 bits per heavy atom. The van der Waals surface area contributed by atoms with Crippen molar-refractivity contribution >= 4 is 0 Å². The normalized spacial score (nSPS) is 15.2. The summed E-state index contributed by atoms with van der Waals surface area (Å²) in [7, 11) is 0. The van der Waals surface area contributed by atoms with Gasteiger partial charge in [-0.25, -0.2) is 0 Å². The monoisotopic (exact) mass is 232 g/mol. The first-order valence-corrected chi connectivity index (χ1v) is 4.15. The number of aliphatic hydroxyl groups is 2. The Labute approximate surface area is 88.6 Å². The molecule has 7 heteroatoms. The summed E-state index contributed by atoms with van der Waals surface area (Å²) in [4.78, 5) is 3.33. The number of aromatic nitrogens is 1. The molecule has 1 aromatic heterocycles. The Morgan fingerprint density at radius 3 is 2.50 bits per heavy atom. The summed E-state index contributed by atoms with van der Waals surface area (Å²) in [6, 6.07) is 3.01. The number of rotatable bonds is 2. The van der Waals surface area contributed by atoms with Gasteiger partial charge in [-0.05, 0) is 12.1 Å². The summed E-state index contributed by atoms with van der Waals surface area (Å²) in [5.74, 6) is 0. The van der Waals surface area contributed by atoms with Crippen molar-refractivity contribution in [2.24, 2.45) is 0 Å². The largest absolute Gasteiger partial charge is 0.418 e. The zero-order valence-electron chi connectivity index (χ0n) is 7.81. The van der Waals surface area contributed by atoms with Gasteiger partial charge in [-0.15, -0.1) is 0 Å². The van der Waals surface area contributed by atoms with E-state index in [-0.39, 0.29) is 0 Å². The first-order chi connectivity index (χ1) is 7.38. The van der Waals surface area contributed by atoms with Crippen LogP contribution in [0.5, 0.6) is 0 Å². The third kappa shape index (κ3) is 2.48. The Balaban J connectivity index is 3.20. The van der Waals surface area contributed by atoms with Gasteiger partial charge in [0.15, 0.2) is 6.10 Å². The highest BCUT2D eigenvalue weighted by Crippen LogP contribution is 2.33. The number of halogens is 3. The van der Waals surface area contributed by atoms with Gasteiger partial charge >= 0.3 is 6.18 Å². The molecule has 1 aromatic rings. The maximum atomic E-state index is 12.5. The van der Waals surface area contributed by atoms with E-state index in [1.807, 2.05) is 0 Å². The van der Waals surface area contributed by atoms with Crippen molar-refractivity contribution in [3.05, 3.63) is 29.6 Å². The van der Waals surface area contributed by atoms with E-state index in [1.54, 1.807) is 0 Å². The molecule has 1 rings (SSSR count). The van der Waals surface area contributed by atoms with Gasteiger partial charge in [0.25, 0.3) is 0 Å². The molecule has 0 amide bonds. The summed E-state index contributed by atoms with van der Waals surface area (Å²) in [5.41, 5.74) is -1.93. The highest BCUT2D eigenvalue weighted by molar-refractivity contribution is 5.26. The van der Waals surface area contributed by atoms with Crippen molar-refractivity contribution in [2.45, 2.75) is 18.4 Å². The lowest BCUT2D eigenvalue weighted by atomic mass is 10.1. The zero-order valence-corrected chi connectivity index (χ0v) is 7.81. The maximum absolute atomic E-state index is 12.5. The summed E-state index contributed by atoms with van der Waals surface area (Å²) in [5, 5.41) is 26.5. The fourth-order valence-corrected chi connectivity index (χ4v) is 1.11. The number of pyridine rings is 1. The minimum atomic E-state index is -4.69. The van der Waals surface area contributed by atoms with E-state index in [0.29, 0.717) is 0 Å². The number of alkyl halides is 3. The second kappa shape index (κ2) is 4.47. The molecule has 0 saturated carbocycles. The standard InChI is InChI=1S/C9H7F3N2O2/c10-9(11,12)5-2-1-3-14-7(5)8(16)6(15)4-13/h1-3,6,8,15-16H. The van der Waals surface area contributed by atoms with Crippen LogP contribution in [0.15, 0.2) is 18.3 Å². The lowest BCUT2D eigenvalue weighted by molar-refractivity contribution is -0.140. The van der Waals surface area contributed by atoms with E-state index < -0.39 is 29.6 Å². The van der Waals surface area contributed by atoms with E-state index in [1.165, 1.54) is 6.07 Å². The van der Waals surface area contributed by atoms with Gasteiger partial charge in [0.05, 0.1) is 17.3 Å². The number of nitriles is 1. The van der Waals surface area contributed by atoms with E-state index in [9.17, 15) is 18.3 Å². The molecule has 1 heterocycles. The third-order valence-electron chi connectivity index (χ3n) is 1.86. The minimum absolute atomic E-state index is 0.718. The van der Waals surface area contributed by atoms with Crippen molar-refractivity contribution < 1.29 is 23.4 Å². The van der Waals surface area contributed by atoms with Crippen LogP contribution in [0.1, 0.15) is 17.4 Å². The second-order valence-electron chi connectivity index (χ2n) is 2.95. The molecule has 0 aliphatic rings. The molecule has 0 aromatic carbocycles. The summed E-state index contributed by atoms with van der Waals surface area (Å²) in [6.45, 7) is 0.